The van der Waals surface area contributed by atoms with Crippen molar-refractivity contribution in [1.82, 2.24) is 0 Å². The summed E-state index contributed by atoms with van der Waals surface area (Å²) < 4.78 is 10.2. The Labute approximate surface area is 110 Å². The molecule has 106 valence electrons. The van der Waals surface area contributed by atoms with Gasteiger partial charge in [-0.05, 0) is 26.2 Å². The van der Waals surface area contributed by atoms with Gasteiger partial charge in [0.15, 0.2) is 5.41 Å². The molecule has 0 unspecified atom stereocenters. The van der Waals surface area contributed by atoms with E-state index in [-0.39, 0.29) is 0 Å². The highest BCUT2D eigenvalue weighted by Gasteiger charge is 2.43. The van der Waals surface area contributed by atoms with Crippen LogP contribution in [-0.2, 0) is 19.1 Å². The van der Waals surface area contributed by atoms with Crippen molar-refractivity contribution in [3.05, 3.63) is 0 Å². The quantitative estimate of drug-likeness (QED) is 0.471. The molecule has 0 bridgehead atoms. The fourth-order valence-electron chi connectivity index (χ4n) is 1.53. The molecule has 0 amide bonds. The van der Waals surface area contributed by atoms with Gasteiger partial charge in [0.2, 0.25) is 0 Å². The van der Waals surface area contributed by atoms with E-state index in [0.717, 1.165) is 25.7 Å². The normalized spacial score (nSPS) is 11.1. The van der Waals surface area contributed by atoms with Gasteiger partial charge < -0.3 is 9.47 Å². The first-order chi connectivity index (χ1) is 8.52. The van der Waals surface area contributed by atoms with Gasteiger partial charge in [-0.1, -0.05) is 33.6 Å². The molecular weight excluding hydrogens is 232 g/mol. The minimum atomic E-state index is -1.15. The molecule has 4 heteroatoms. The molecule has 0 N–H and O–H groups in total. The lowest BCUT2D eigenvalue weighted by atomic mass is 9.85. The zero-order chi connectivity index (χ0) is 14.0. The van der Waals surface area contributed by atoms with Crippen LogP contribution in [0.5, 0.6) is 0 Å². The third-order valence-corrected chi connectivity index (χ3v) is 2.81. The van der Waals surface area contributed by atoms with Crippen LogP contribution in [0.4, 0.5) is 0 Å². The lowest BCUT2D eigenvalue weighted by Crippen LogP contribution is -2.39. The third-order valence-electron chi connectivity index (χ3n) is 2.81. The molecule has 0 saturated heterocycles. The van der Waals surface area contributed by atoms with Gasteiger partial charge in [-0.3, -0.25) is 9.59 Å². The molecule has 4 nitrogen and oxygen atoms in total. The summed E-state index contributed by atoms with van der Waals surface area (Å²) in [7, 11) is 0. The van der Waals surface area contributed by atoms with Gasteiger partial charge in [0.1, 0.15) is 0 Å². The van der Waals surface area contributed by atoms with E-state index < -0.39 is 17.4 Å². The second-order valence-corrected chi connectivity index (χ2v) is 4.71. The number of esters is 2. The molecule has 0 aliphatic carbocycles. The van der Waals surface area contributed by atoms with E-state index in [9.17, 15) is 9.59 Å². The molecule has 0 heterocycles. The maximum Gasteiger partial charge on any atom is 0.323 e. The summed E-state index contributed by atoms with van der Waals surface area (Å²) in [6, 6.07) is 0. The minimum absolute atomic E-state index is 0.349. The smallest absolute Gasteiger partial charge is 0.323 e. The van der Waals surface area contributed by atoms with Crippen molar-refractivity contribution in [2.75, 3.05) is 13.2 Å². The van der Waals surface area contributed by atoms with Gasteiger partial charge in [0.05, 0.1) is 13.2 Å². The molecule has 0 aliphatic heterocycles. The average molecular weight is 258 g/mol. The monoisotopic (exact) mass is 258 g/mol. The van der Waals surface area contributed by atoms with Crippen LogP contribution in [0.25, 0.3) is 0 Å². The molecule has 0 aliphatic rings. The zero-order valence-electron chi connectivity index (χ0n) is 12.1. The maximum atomic E-state index is 12.0. The molecule has 18 heavy (non-hydrogen) atoms. The summed E-state index contributed by atoms with van der Waals surface area (Å²) in [6.45, 7) is 8.19. The standard InChI is InChI=1S/C14H26O4/c1-5-8-9-14(4,12(15)17-10-6-2)13(16)18-11-7-3/h5-11H2,1-4H3. The fourth-order valence-corrected chi connectivity index (χ4v) is 1.53. The number of carbonyl (C=O) groups excluding carboxylic acids is 2. The molecule has 0 rings (SSSR count). The Morgan fingerprint density at radius 2 is 1.33 bits per heavy atom. The van der Waals surface area contributed by atoms with Crippen molar-refractivity contribution < 1.29 is 19.1 Å². The van der Waals surface area contributed by atoms with Gasteiger partial charge in [0.25, 0.3) is 0 Å². The van der Waals surface area contributed by atoms with Crippen LogP contribution in [0.1, 0.15) is 59.8 Å². The molecule has 0 saturated carbocycles. The Bertz CT molecular complexity index is 241. The summed E-state index contributed by atoms with van der Waals surface area (Å²) in [5.74, 6) is -0.919. The predicted molar refractivity (Wildman–Crippen MR) is 70.1 cm³/mol. The molecule has 0 radical (unpaired) electrons. The molecule has 0 aromatic rings. The minimum Gasteiger partial charge on any atom is -0.465 e. The summed E-state index contributed by atoms with van der Waals surface area (Å²) in [5, 5.41) is 0. The summed E-state index contributed by atoms with van der Waals surface area (Å²) in [5.41, 5.74) is -1.15. The maximum absolute atomic E-state index is 12.0. The molecular formula is C14H26O4. The van der Waals surface area contributed by atoms with Gasteiger partial charge in [-0.15, -0.1) is 0 Å². The summed E-state index contributed by atoms with van der Waals surface area (Å²) in [4.78, 5) is 24.0. The Hall–Kier alpha value is -1.06. The van der Waals surface area contributed by atoms with Crippen LogP contribution in [0.15, 0.2) is 0 Å². The Morgan fingerprint density at radius 3 is 1.67 bits per heavy atom. The lowest BCUT2D eigenvalue weighted by Gasteiger charge is -2.25. The van der Waals surface area contributed by atoms with E-state index >= 15 is 0 Å². The first-order valence-electron chi connectivity index (χ1n) is 6.87. The highest BCUT2D eigenvalue weighted by atomic mass is 16.6. The van der Waals surface area contributed by atoms with Gasteiger partial charge in [0, 0.05) is 0 Å². The summed E-state index contributed by atoms with van der Waals surface area (Å²) in [6.07, 6.45) is 3.71. The first kappa shape index (κ1) is 16.9. The van der Waals surface area contributed by atoms with Crippen molar-refractivity contribution in [3.63, 3.8) is 0 Å². The van der Waals surface area contributed by atoms with E-state index in [1.807, 2.05) is 20.8 Å². The third kappa shape index (κ3) is 5.07. The van der Waals surface area contributed by atoms with E-state index in [2.05, 4.69) is 0 Å². The Morgan fingerprint density at radius 1 is 0.889 bits per heavy atom. The van der Waals surface area contributed by atoms with Crippen LogP contribution in [0, 0.1) is 5.41 Å². The fraction of sp³-hybridized carbons (Fsp3) is 0.857. The first-order valence-corrected chi connectivity index (χ1v) is 6.87. The number of carbonyl (C=O) groups is 2. The molecule has 0 atom stereocenters. The Balaban J connectivity index is 4.68. The number of rotatable bonds is 9. The number of ether oxygens (including phenoxy) is 2. The number of hydrogen-bond donors (Lipinski definition) is 0. The van der Waals surface area contributed by atoms with Crippen molar-refractivity contribution in [3.8, 4) is 0 Å². The lowest BCUT2D eigenvalue weighted by molar-refractivity contribution is -0.172. The van der Waals surface area contributed by atoms with Crippen LogP contribution >= 0.6 is 0 Å². The van der Waals surface area contributed by atoms with Crippen molar-refractivity contribution in [2.45, 2.75) is 59.8 Å². The number of hydrogen-bond acceptors (Lipinski definition) is 4. The predicted octanol–water partition coefficient (Wildman–Crippen LogP) is 3.09. The highest BCUT2D eigenvalue weighted by molar-refractivity contribution is 5.99. The van der Waals surface area contributed by atoms with Crippen LogP contribution in [0.3, 0.4) is 0 Å². The van der Waals surface area contributed by atoms with Gasteiger partial charge >= 0.3 is 11.9 Å². The van der Waals surface area contributed by atoms with E-state index in [0.29, 0.717) is 19.6 Å². The number of unbranched alkanes of at least 4 members (excludes halogenated alkanes) is 1. The second kappa shape index (κ2) is 8.95. The van der Waals surface area contributed by atoms with Gasteiger partial charge in [-0.25, -0.2) is 0 Å². The Kier molecular flexibility index (Phi) is 8.42. The SMILES string of the molecule is CCCCC(C)(C(=O)OCCC)C(=O)OCCC. The zero-order valence-corrected chi connectivity index (χ0v) is 12.1. The average Bonchev–Trinajstić information content (AvgIpc) is 2.38. The van der Waals surface area contributed by atoms with Crippen LogP contribution < -0.4 is 0 Å². The molecule has 0 aromatic heterocycles. The highest BCUT2D eigenvalue weighted by Crippen LogP contribution is 2.28. The van der Waals surface area contributed by atoms with E-state index in [4.69, 9.17) is 9.47 Å². The van der Waals surface area contributed by atoms with E-state index in [1.54, 1.807) is 6.92 Å². The molecule has 0 spiro atoms. The van der Waals surface area contributed by atoms with E-state index in [1.165, 1.54) is 0 Å². The molecule has 0 aromatic carbocycles. The topological polar surface area (TPSA) is 52.6 Å². The second-order valence-electron chi connectivity index (χ2n) is 4.71. The van der Waals surface area contributed by atoms with Crippen LogP contribution in [0.2, 0.25) is 0 Å². The molecule has 0 fully saturated rings. The largest absolute Gasteiger partial charge is 0.465 e. The van der Waals surface area contributed by atoms with Crippen molar-refractivity contribution in [1.29, 1.82) is 0 Å². The van der Waals surface area contributed by atoms with Crippen molar-refractivity contribution >= 4 is 11.9 Å². The summed E-state index contributed by atoms with van der Waals surface area (Å²) >= 11 is 0. The van der Waals surface area contributed by atoms with Gasteiger partial charge in [-0.2, -0.15) is 0 Å². The van der Waals surface area contributed by atoms with Crippen molar-refractivity contribution in [2.24, 2.45) is 5.41 Å². The van der Waals surface area contributed by atoms with Crippen LogP contribution in [-0.4, -0.2) is 25.2 Å².